The lowest BCUT2D eigenvalue weighted by atomic mass is 9.85. The van der Waals surface area contributed by atoms with Gasteiger partial charge in [-0.25, -0.2) is 4.79 Å². The molecule has 1 saturated carbocycles. The van der Waals surface area contributed by atoms with Crippen molar-refractivity contribution in [2.24, 2.45) is 5.92 Å². The number of thioether (sulfide) groups is 1. The highest BCUT2D eigenvalue weighted by atomic mass is 32.2. The van der Waals surface area contributed by atoms with E-state index in [-0.39, 0.29) is 30.6 Å². The normalized spacial score (nSPS) is 26.3. The molecule has 3 N–H and O–H groups in total. The zero-order valence-corrected chi connectivity index (χ0v) is 11.6. The van der Waals surface area contributed by atoms with E-state index in [2.05, 4.69) is 10.6 Å². The van der Waals surface area contributed by atoms with Crippen molar-refractivity contribution < 1.29 is 9.90 Å². The average Bonchev–Trinajstić information content (AvgIpc) is 2.29. The predicted octanol–water partition coefficient (Wildman–Crippen LogP) is 1.59. The van der Waals surface area contributed by atoms with E-state index >= 15 is 0 Å². The van der Waals surface area contributed by atoms with Gasteiger partial charge in [0, 0.05) is 30.4 Å². The lowest BCUT2D eigenvalue weighted by molar-refractivity contribution is 0.153. The van der Waals surface area contributed by atoms with Gasteiger partial charge >= 0.3 is 6.03 Å². The molecular formula is C12H24N2O2S. The highest BCUT2D eigenvalue weighted by Gasteiger charge is 2.25. The van der Waals surface area contributed by atoms with Crippen molar-refractivity contribution in [2.75, 3.05) is 18.6 Å². The number of hydrogen-bond acceptors (Lipinski definition) is 3. The molecule has 0 radical (unpaired) electrons. The van der Waals surface area contributed by atoms with Gasteiger partial charge in [0.1, 0.15) is 0 Å². The molecule has 100 valence electrons. The number of aliphatic hydroxyl groups is 1. The first-order valence-corrected chi connectivity index (χ1v) is 7.73. The van der Waals surface area contributed by atoms with E-state index in [4.69, 9.17) is 0 Å². The molecule has 0 aromatic heterocycles. The molecule has 3 atom stereocenters. The van der Waals surface area contributed by atoms with Gasteiger partial charge in [-0.3, -0.25) is 0 Å². The van der Waals surface area contributed by atoms with E-state index in [1.807, 2.05) is 13.2 Å². The standard InChI is InChI=1S/C12H24N2O2S/c1-9(8-17-2)13-12(16)14-11-6-4-3-5-10(11)7-15/h9-11,15H,3-8H2,1-2H3,(H2,13,14,16)/t9-,10+,11+/m0/s1. The van der Waals surface area contributed by atoms with E-state index < -0.39 is 0 Å². The van der Waals surface area contributed by atoms with Crippen molar-refractivity contribution in [1.29, 1.82) is 0 Å². The Labute approximate surface area is 108 Å². The molecule has 0 aromatic carbocycles. The van der Waals surface area contributed by atoms with Crippen molar-refractivity contribution >= 4 is 17.8 Å². The highest BCUT2D eigenvalue weighted by Crippen LogP contribution is 2.23. The maximum atomic E-state index is 11.7. The van der Waals surface area contributed by atoms with Crippen LogP contribution in [0.3, 0.4) is 0 Å². The average molecular weight is 260 g/mol. The minimum atomic E-state index is -0.100. The molecular weight excluding hydrogens is 236 g/mol. The Morgan fingerprint density at radius 3 is 2.82 bits per heavy atom. The molecule has 2 amide bonds. The van der Waals surface area contributed by atoms with Gasteiger partial charge in [0.25, 0.3) is 0 Å². The Morgan fingerprint density at radius 1 is 1.47 bits per heavy atom. The van der Waals surface area contributed by atoms with E-state index in [1.54, 1.807) is 11.8 Å². The summed E-state index contributed by atoms with van der Waals surface area (Å²) in [6.07, 6.45) is 6.33. The molecule has 1 rings (SSSR count). The Morgan fingerprint density at radius 2 is 2.18 bits per heavy atom. The first-order chi connectivity index (χ1) is 8.17. The van der Waals surface area contributed by atoms with Crippen LogP contribution in [-0.2, 0) is 0 Å². The number of hydrogen-bond donors (Lipinski definition) is 3. The maximum absolute atomic E-state index is 11.7. The fraction of sp³-hybridized carbons (Fsp3) is 0.917. The van der Waals surface area contributed by atoms with Crippen LogP contribution in [0, 0.1) is 5.92 Å². The number of nitrogens with one attached hydrogen (secondary N) is 2. The zero-order chi connectivity index (χ0) is 12.7. The van der Waals surface area contributed by atoms with Crippen molar-refractivity contribution in [1.82, 2.24) is 10.6 Å². The lowest BCUT2D eigenvalue weighted by Crippen LogP contribution is -2.50. The summed E-state index contributed by atoms with van der Waals surface area (Å²) in [6, 6.07) is 0.216. The van der Waals surface area contributed by atoms with Crippen LogP contribution < -0.4 is 10.6 Å². The summed E-state index contributed by atoms with van der Waals surface area (Å²) in [5.74, 6) is 1.15. The third-order valence-corrected chi connectivity index (χ3v) is 4.09. The fourth-order valence-corrected chi connectivity index (χ4v) is 2.93. The van der Waals surface area contributed by atoms with Crippen LogP contribution in [-0.4, -0.2) is 41.8 Å². The molecule has 1 fully saturated rings. The Hall–Kier alpha value is -0.420. The van der Waals surface area contributed by atoms with E-state index in [9.17, 15) is 9.90 Å². The largest absolute Gasteiger partial charge is 0.396 e. The summed E-state index contributed by atoms with van der Waals surface area (Å²) in [5, 5.41) is 15.2. The van der Waals surface area contributed by atoms with Crippen molar-refractivity contribution in [2.45, 2.75) is 44.7 Å². The Kier molecular flexibility index (Phi) is 6.73. The topological polar surface area (TPSA) is 61.4 Å². The van der Waals surface area contributed by atoms with Gasteiger partial charge in [-0.1, -0.05) is 12.8 Å². The summed E-state index contributed by atoms with van der Waals surface area (Å²) in [5.41, 5.74) is 0. The van der Waals surface area contributed by atoms with Crippen LogP contribution >= 0.6 is 11.8 Å². The zero-order valence-electron chi connectivity index (χ0n) is 10.7. The van der Waals surface area contributed by atoms with Gasteiger partial charge < -0.3 is 15.7 Å². The molecule has 0 unspecified atom stereocenters. The van der Waals surface area contributed by atoms with Gasteiger partial charge in [0.2, 0.25) is 0 Å². The van der Waals surface area contributed by atoms with Crippen LogP contribution in [0.5, 0.6) is 0 Å². The van der Waals surface area contributed by atoms with E-state index in [1.165, 1.54) is 0 Å². The van der Waals surface area contributed by atoms with Crippen molar-refractivity contribution in [3.63, 3.8) is 0 Å². The predicted molar refractivity (Wildman–Crippen MR) is 72.3 cm³/mol. The molecule has 0 aliphatic heterocycles. The Bertz CT molecular complexity index is 239. The second-order valence-corrected chi connectivity index (χ2v) is 5.72. The van der Waals surface area contributed by atoms with Gasteiger partial charge in [-0.2, -0.15) is 11.8 Å². The summed E-state index contributed by atoms with van der Waals surface area (Å²) in [7, 11) is 0. The number of carbonyl (C=O) groups excluding carboxylic acids is 1. The van der Waals surface area contributed by atoms with Gasteiger partial charge in [-0.05, 0) is 26.0 Å². The molecule has 0 spiro atoms. The first-order valence-electron chi connectivity index (χ1n) is 6.34. The van der Waals surface area contributed by atoms with Gasteiger partial charge in [-0.15, -0.1) is 0 Å². The van der Waals surface area contributed by atoms with Gasteiger partial charge in [0.05, 0.1) is 0 Å². The van der Waals surface area contributed by atoms with E-state index in [0.29, 0.717) is 0 Å². The molecule has 5 heteroatoms. The molecule has 1 aliphatic rings. The highest BCUT2D eigenvalue weighted by molar-refractivity contribution is 7.98. The number of carbonyl (C=O) groups is 1. The third kappa shape index (κ3) is 5.17. The van der Waals surface area contributed by atoms with Crippen molar-refractivity contribution in [3.8, 4) is 0 Å². The molecule has 0 bridgehead atoms. The van der Waals surface area contributed by atoms with Gasteiger partial charge in [0.15, 0.2) is 0 Å². The maximum Gasteiger partial charge on any atom is 0.315 e. The summed E-state index contributed by atoms with van der Waals surface area (Å²) in [6.45, 7) is 2.17. The molecule has 1 aliphatic carbocycles. The summed E-state index contributed by atoms with van der Waals surface area (Å²) < 4.78 is 0. The van der Waals surface area contributed by atoms with E-state index in [0.717, 1.165) is 31.4 Å². The van der Waals surface area contributed by atoms with Crippen LogP contribution in [0.15, 0.2) is 0 Å². The number of urea groups is 1. The SMILES string of the molecule is CSC[C@H](C)NC(=O)N[C@@H]1CCCC[C@@H]1CO. The smallest absolute Gasteiger partial charge is 0.315 e. The monoisotopic (exact) mass is 260 g/mol. The summed E-state index contributed by atoms with van der Waals surface area (Å²) in [4.78, 5) is 11.7. The van der Waals surface area contributed by atoms with Crippen LogP contribution in [0.1, 0.15) is 32.6 Å². The second-order valence-electron chi connectivity index (χ2n) is 4.81. The quantitative estimate of drug-likeness (QED) is 0.703. The molecule has 4 nitrogen and oxygen atoms in total. The van der Waals surface area contributed by atoms with Crippen LogP contribution in [0.25, 0.3) is 0 Å². The lowest BCUT2D eigenvalue weighted by Gasteiger charge is -2.31. The number of amides is 2. The minimum Gasteiger partial charge on any atom is -0.396 e. The molecule has 17 heavy (non-hydrogen) atoms. The molecule has 0 heterocycles. The van der Waals surface area contributed by atoms with Crippen molar-refractivity contribution in [3.05, 3.63) is 0 Å². The van der Waals surface area contributed by atoms with Crippen LogP contribution in [0.2, 0.25) is 0 Å². The summed E-state index contributed by atoms with van der Waals surface area (Å²) >= 11 is 1.72. The number of rotatable bonds is 5. The van der Waals surface area contributed by atoms with Crippen LogP contribution in [0.4, 0.5) is 4.79 Å². The number of aliphatic hydroxyl groups excluding tert-OH is 1. The molecule has 0 saturated heterocycles. The second kappa shape index (κ2) is 7.82. The third-order valence-electron chi connectivity index (χ3n) is 3.25. The minimum absolute atomic E-state index is 0.100. The Balaban J connectivity index is 2.33. The first kappa shape index (κ1) is 14.6. The fourth-order valence-electron chi connectivity index (χ4n) is 2.34. The molecule has 0 aromatic rings.